The van der Waals surface area contributed by atoms with E-state index in [0.29, 0.717) is 11.8 Å². The van der Waals surface area contributed by atoms with E-state index in [1.165, 1.54) is 0 Å². The van der Waals surface area contributed by atoms with Crippen LogP contribution in [0.5, 0.6) is 0 Å². The summed E-state index contributed by atoms with van der Waals surface area (Å²) in [7, 11) is 0. The Labute approximate surface area is 60.7 Å². The summed E-state index contributed by atoms with van der Waals surface area (Å²) in [5.41, 5.74) is 1.01. The molecule has 2 rings (SSSR count). The number of allylic oxidation sites excluding steroid dienone is 4. The molecule has 0 saturated carbocycles. The Hall–Kier alpha value is -1.03. The second-order valence-electron chi connectivity index (χ2n) is 2.94. The fraction of sp³-hybridized carbons (Fsp3) is 0.444. The highest BCUT2D eigenvalue weighted by atomic mass is 14.4. The van der Waals surface area contributed by atoms with Crippen molar-refractivity contribution in [2.45, 2.75) is 12.8 Å². The van der Waals surface area contributed by atoms with Crippen LogP contribution in [0.15, 0.2) is 23.8 Å². The molecule has 0 N–H and O–H groups in total. The third kappa shape index (κ3) is 0.623. The maximum absolute atomic E-state index is 8.67. The smallest absolute Gasteiger partial charge is 0.0947 e. The van der Waals surface area contributed by atoms with E-state index < -0.39 is 0 Å². The molecular weight excluding hydrogens is 122 g/mol. The zero-order valence-corrected chi connectivity index (χ0v) is 5.75. The highest BCUT2D eigenvalue weighted by molar-refractivity contribution is 5.33. The lowest BCUT2D eigenvalue weighted by Gasteiger charge is -2.07. The van der Waals surface area contributed by atoms with E-state index in [4.69, 9.17) is 5.26 Å². The van der Waals surface area contributed by atoms with E-state index in [2.05, 4.69) is 24.3 Å². The predicted molar refractivity (Wildman–Crippen MR) is 39.1 cm³/mol. The Bertz CT molecular complexity index is 242. The number of nitrogens with zero attached hydrogens (tertiary/aromatic N) is 1. The van der Waals surface area contributed by atoms with Crippen LogP contribution in [0.1, 0.15) is 12.8 Å². The molecule has 2 aliphatic rings. The largest absolute Gasteiger partial charge is 0.193 e. The number of nitriles is 1. The maximum Gasteiger partial charge on any atom is 0.0947 e. The Morgan fingerprint density at radius 3 is 3.20 bits per heavy atom. The van der Waals surface area contributed by atoms with E-state index in [9.17, 15) is 0 Å². The van der Waals surface area contributed by atoms with Crippen LogP contribution in [0.3, 0.4) is 0 Å². The van der Waals surface area contributed by atoms with Crippen molar-refractivity contribution in [3.8, 4) is 6.07 Å². The van der Waals surface area contributed by atoms with Crippen molar-refractivity contribution in [2.75, 3.05) is 0 Å². The van der Waals surface area contributed by atoms with Crippen molar-refractivity contribution in [1.29, 1.82) is 5.26 Å². The number of rotatable bonds is 0. The van der Waals surface area contributed by atoms with Crippen molar-refractivity contribution in [3.63, 3.8) is 0 Å². The summed E-state index contributed by atoms with van der Waals surface area (Å²) >= 11 is 0. The minimum atomic E-state index is 0.546. The molecular formula is C9H9N. The van der Waals surface area contributed by atoms with Crippen LogP contribution in [0.2, 0.25) is 0 Å². The van der Waals surface area contributed by atoms with Gasteiger partial charge in [-0.2, -0.15) is 5.26 Å². The zero-order valence-electron chi connectivity index (χ0n) is 5.75. The summed E-state index contributed by atoms with van der Waals surface area (Å²) in [5.74, 6) is 1.21. The van der Waals surface area contributed by atoms with Gasteiger partial charge in [-0.15, -0.1) is 0 Å². The second kappa shape index (κ2) is 1.98. The monoisotopic (exact) mass is 131 g/mol. The van der Waals surface area contributed by atoms with Gasteiger partial charge in [0, 0.05) is 11.5 Å². The highest BCUT2D eigenvalue weighted by Gasteiger charge is 2.29. The molecule has 0 aliphatic heterocycles. The summed E-state index contributed by atoms with van der Waals surface area (Å²) in [5, 5.41) is 8.67. The fourth-order valence-corrected chi connectivity index (χ4v) is 1.85. The fourth-order valence-electron chi connectivity index (χ4n) is 1.85. The second-order valence-corrected chi connectivity index (χ2v) is 2.94. The Morgan fingerprint density at radius 2 is 2.40 bits per heavy atom. The van der Waals surface area contributed by atoms with E-state index in [1.807, 2.05) is 0 Å². The van der Waals surface area contributed by atoms with Gasteiger partial charge in [0.1, 0.15) is 0 Å². The van der Waals surface area contributed by atoms with Gasteiger partial charge in [0.2, 0.25) is 0 Å². The molecule has 2 atom stereocenters. The lowest BCUT2D eigenvalue weighted by Crippen LogP contribution is -2.01. The van der Waals surface area contributed by atoms with E-state index >= 15 is 0 Å². The highest BCUT2D eigenvalue weighted by Crippen LogP contribution is 2.39. The van der Waals surface area contributed by atoms with Gasteiger partial charge in [0.05, 0.1) is 6.07 Å². The van der Waals surface area contributed by atoms with Crippen molar-refractivity contribution in [3.05, 3.63) is 23.8 Å². The van der Waals surface area contributed by atoms with Gasteiger partial charge >= 0.3 is 0 Å². The van der Waals surface area contributed by atoms with Crippen LogP contribution < -0.4 is 0 Å². The van der Waals surface area contributed by atoms with E-state index in [-0.39, 0.29) is 0 Å². The van der Waals surface area contributed by atoms with Crippen LogP contribution in [-0.2, 0) is 0 Å². The molecule has 0 radical (unpaired) electrons. The average molecular weight is 131 g/mol. The minimum absolute atomic E-state index is 0.546. The zero-order chi connectivity index (χ0) is 6.97. The summed E-state index contributed by atoms with van der Waals surface area (Å²) in [6, 6.07) is 2.26. The predicted octanol–water partition coefficient (Wildman–Crippen LogP) is 2.03. The summed E-state index contributed by atoms with van der Waals surface area (Å²) in [6.07, 6.45) is 8.69. The average Bonchev–Trinajstić information content (AvgIpc) is 2.44. The molecule has 1 nitrogen and oxygen atoms in total. The SMILES string of the molecule is N#CC1=CC[C@@H]2C=CC[C@H]12. The first kappa shape index (κ1) is 5.73. The van der Waals surface area contributed by atoms with Gasteiger partial charge in [-0.05, 0) is 18.8 Å². The lowest BCUT2D eigenvalue weighted by atomic mass is 9.95. The topological polar surface area (TPSA) is 23.8 Å². The molecule has 0 spiro atoms. The molecule has 0 heterocycles. The molecule has 0 amide bonds. The first-order valence-corrected chi connectivity index (χ1v) is 3.68. The summed E-state index contributed by atoms with van der Waals surface area (Å²) in [6.45, 7) is 0. The first-order chi connectivity index (χ1) is 4.92. The Kier molecular flexibility index (Phi) is 1.14. The quantitative estimate of drug-likeness (QED) is 0.461. The van der Waals surface area contributed by atoms with E-state index in [1.54, 1.807) is 0 Å². The minimum Gasteiger partial charge on any atom is -0.193 e. The molecule has 0 bridgehead atoms. The van der Waals surface area contributed by atoms with Gasteiger partial charge in [-0.3, -0.25) is 0 Å². The van der Waals surface area contributed by atoms with Crippen LogP contribution in [-0.4, -0.2) is 0 Å². The number of hydrogen-bond acceptors (Lipinski definition) is 1. The van der Waals surface area contributed by atoms with Gasteiger partial charge in [0.15, 0.2) is 0 Å². The number of fused-ring (bicyclic) bond motifs is 1. The number of hydrogen-bond donors (Lipinski definition) is 0. The standard InChI is InChI=1S/C9H9N/c10-6-8-5-4-7-2-1-3-9(7)8/h1-2,5,7,9H,3-4H2/t7-,9-/m0/s1. The molecule has 0 aromatic heterocycles. The Balaban J connectivity index is 2.23. The van der Waals surface area contributed by atoms with Crippen molar-refractivity contribution in [1.82, 2.24) is 0 Å². The summed E-state index contributed by atoms with van der Waals surface area (Å²) < 4.78 is 0. The molecule has 0 fully saturated rings. The van der Waals surface area contributed by atoms with Gasteiger partial charge in [0.25, 0.3) is 0 Å². The third-order valence-corrected chi connectivity index (χ3v) is 2.43. The molecule has 0 saturated heterocycles. The van der Waals surface area contributed by atoms with Gasteiger partial charge < -0.3 is 0 Å². The molecule has 0 aromatic rings. The van der Waals surface area contributed by atoms with Crippen LogP contribution >= 0.6 is 0 Å². The Morgan fingerprint density at radius 1 is 1.50 bits per heavy atom. The molecule has 50 valence electrons. The molecule has 10 heavy (non-hydrogen) atoms. The van der Waals surface area contributed by atoms with Crippen LogP contribution in [0.25, 0.3) is 0 Å². The van der Waals surface area contributed by atoms with Crippen molar-refractivity contribution in [2.24, 2.45) is 11.8 Å². The normalized spacial score (nSPS) is 35.3. The first-order valence-electron chi connectivity index (χ1n) is 3.68. The van der Waals surface area contributed by atoms with Crippen molar-refractivity contribution < 1.29 is 0 Å². The molecule has 1 heteroatoms. The third-order valence-electron chi connectivity index (χ3n) is 2.43. The van der Waals surface area contributed by atoms with Gasteiger partial charge in [-0.1, -0.05) is 18.2 Å². The molecule has 2 aliphatic carbocycles. The lowest BCUT2D eigenvalue weighted by molar-refractivity contribution is 0.539. The van der Waals surface area contributed by atoms with Gasteiger partial charge in [-0.25, -0.2) is 0 Å². The molecule has 0 aromatic carbocycles. The van der Waals surface area contributed by atoms with Crippen LogP contribution in [0.4, 0.5) is 0 Å². The maximum atomic E-state index is 8.67. The molecule has 0 unspecified atom stereocenters. The summed E-state index contributed by atoms with van der Waals surface area (Å²) in [4.78, 5) is 0. The van der Waals surface area contributed by atoms with Crippen molar-refractivity contribution >= 4 is 0 Å². The van der Waals surface area contributed by atoms with Crippen LogP contribution in [0, 0.1) is 23.2 Å². The van der Waals surface area contributed by atoms with E-state index in [0.717, 1.165) is 18.4 Å².